The third kappa shape index (κ3) is 3.99. The summed E-state index contributed by atoms with van der Waals surface area (Å²) in [7, 11) is 1.36. The Labute approximate surface area is 150 Å². The maximum Gasteiger partial charge on any atom is 0.341 e. The van der Waals surface area contributed by atoms with Crippen LogP contribution in [0.15, 0.2) is 24.5 Å². The highest BCUT2D eigenvalue weighted by Crippen LogP contribution is 2.37. The number of ether oxygens (including phenoxy) is 1. The molecule has 0 saturated carbocycles. The summed E-state index contributed by atoms with van der Waals surface area (Å²) >= 11 is 1.47. The van der Waals surface area contributed by atoms with Crippen molar-refractivity contribution in [2.24, 2.45) is 0 Å². The van der Waals surface area contributed by atoms with Crippen molar-refractivity contribution in [2.75, 3.05) is 12.4 Å². The van der Waals surface area contributed by atoms with Gasteiger partial charge in [-0.25, -0.2) is 4.79 Å². The van der Waals surface area contributed by atoms with Crippen LogP contribution in [0.4, 0.5) is 5.00 Å². The molecular weight excluding hydrogens is 340 g/mol. The molecule has 0 aliphatic heterocycles. The Kier molecular flexibility index (Phi) is 5.33. The number of nitrogens with zero attached hydrogens (tertiary/aromatic N) is 1. The van der Waals surface area contributed by atoms with Crippen molar-refractivity contribution in [3.8, 4) is 5.75 Å². The summed E-state index contributed by atoms with van der Waals surface area (Å²) in [5.74, 6) is -0.565. The molecule has 0 unspecified atom stereocenters. The molecule has 0 saturated heterocycles. The van der Waals surface area contributed by atoms with Gasteiger partial charge in [-0.15, -0.1) is 11.3 Å². The standard InChI is InChI=1S/C18H20N2O4S/c1-24-18(23)16-13-7-3-2-4-8-14(13)25-17(16)19-15(22)11-20-9-5-6-12(21)10-20/h5-6,9-10H,2-4,7-8,11H2,1H3,(H-,19,21,22,23)/p+1. The van der Waals surface area contributed by atoms with Gasteiger partial charge >= 0.3 is 5.97 Å². The molecule has 0 aromatic carbocycles. The Balaban J connectivity index is 1.83. The van der Waals surface area contributed by atoms with Crippen LogP contribution in [0.2, 0.25) is 0 Å². The van der Waals surface area contributed by atoms with E-state index in [1.54, 1.807) is 22.9 Å². The second kappa shape index (κ2) is 7.65. The molecule has 3 rings (SSSR count). The van der Waals surface area contributed by atoms with Crippen molar-refractivity contribution < 1.29 is 24.0 Å². The Morgan fingerprint density at radius 2 is 2.12 bits per heavy atom. The summed E-state index contributed by atoms with van der Waals surface area (Å²) in [6.45, 7) is 0.0532. The van der Waals surface area contributed by atoms with Gasteiger partial charge in [0.2, 0.25) is 12.7 Å². The number of aromatic hydroxyl groups is 1. The molecule has 7 heteroatoms. The van der Waals surface area contributed by atoms with Crippen LogP contribution in [-0.4, -0.2) is 24.1 Å². The van der Waals surface area contributed by atoms with Gasteiger partial charge in [0.15, 0.2) is 11.9 Å². The number of pyridine rings is 1. The number of aromatic nitrogens is 1. The topological polar surface area (TPSA) is 79.5 Å². The van der Waals surface area contributed by atoms with Gasteiger partial charge in [-0.1, -0.05) is 6.42 Å². The first-order valence-corrected chi connectivity index (χ1v) is 9.11. The summed E-state index contributed by atoms with van der Waals surface area (Å²) in [6, 6.07) is 3.20. The number of hydrogen-bond acceptors (Lipinski definition) is 5. The number of thiophene rings is 1. The monoisotopic (exact) mass is 361 g/mol. The number of rotatable bonds is 4. The van der Waals surface area contributed by atoms with Gasteiger partial charge in [0.1, 0.15) is 5.00 Å². The van der Waals surface area contributed by atoms with Crippen molar-refractivity contribution in [2.45, 2.75) is 38.6 Å². The summed E-state index contributed by atoms with van der Waals surface area (Å²) in [5.41, 5.74) is 1.52. The van der Waals surface area contributed by atoms with E-state index >= 15 is 0 Å². The maximum absolute atomic E-state index is 12.4. The number of nitrogens with one attached hydrogen (secondary N) is 1. The van der Waals surface area contributed by atoms with Gasteiger partial charge in [0, 0.05) is 10.9 Å². The smallest absolute Gasteiger partial charge is 0.341 e. The van der Waals surface area contributed by atoms with Crippen LogP contribution in [-0.2, 0) is 28.9 Å². The fourth-order valence-corrected chi connectivity index (χ4v) is 4.38. The van der Waals surface area contributed by atoms with Crippen LogP contribution in [0, 0.1) is 0 Å². The maximum atomic E-state index is 12.4. The van der Waals surface area contributed by atoms with Crippen LogP contribution in [0.3, 0.4) is 0 Å². The van der Waals surface area contributed by atoms with Crippen LogP contribution in [0.1, 0.15) is 40.1 Å². The number of amides is 1. The Bertz CT molecular complexity index is 800. The number of hydrogen-bond donors (Lipinski definition) is 2. The molecule has 0 fully saturated rings. The predicted molar refractivity (Wildman–Crippen MR) is 93.8 cm³/mol. The molecule has 2 aromatic heterocycles. The molecule has 0 atom stereocenters. The van der Waals surface area contributed by atoms with Gasteiger partial charge in [-0.3, -0.25) is 4.79 Å². The second-order valence-electron chi connectivity index (χ2n) is 6.04. The highest BCUT2D eigenvalue weighted by atomic mass is 32.1. The fraction of sp³-hybridized carbons (Fsp3) is 0.389. The quantitative estimate of drug-likeness (QED) is 0.498. The average Bonchev–Trinajstić information content (AvgIpc) is 2.75. The molecule has 1 aliphatic rings. The van der Waals surface area contributed by atoms with Crippen LogP contribution >= 0.6 is 11.3 Å². The largest absolute Gasteiger partial charge is 0.503 e. The summed E-state index contributed by atoms with van der Waals surface area (Å²) in [4.78, 5) is 25.8. The summed E-state index contributed by atoms with van der Waals surface area (Å²) in [6.07, 6.45) is 8.24. The molecule has 2 N–H and O–H groups in total. The SMILES string of the molecule is COC(=O)c1c(NC(=O)C[n+]2cccc(O)c2)sc2c1CCCCC2. The molecule has 2 aromatic rings. The number of carbonyl (C=O) groups is 2. The lowest BCUT2D eigenvalue weighted by molar-refractivity contribution is -0.684. The van der Waals surface area contributed by atoms with Crippen molar-refractivity contribution in [1.82, 2.24) is 0 Å². The number of anilines is 1. The minimum absolute atomic E-state index is 0.0532. The van der Waals surface area contributed by atoms with Crippen molar-refractivity contribution >= 4 is 28.2 Å². The molecule has 0 bridgehead atoms. The first kappa shape index (κ1) is 17.4. The molecule has 25 heavy (non-hydrogen) atoms. The number of fused-ring (bicyclic) bond motifs is 1. The molecule has 0 radical (unpaired) electrons. The van der Waals surface area contributed by atoms with E-state index in [1.165, 1.54) is 29.5 Å². The lowest BCUT2D eigenvalue weighted by atomic mass is 10.1. The average molecular weight is 361 g/mol. The van der Waals surface area contributed by atoms with Gasteiger partial charge in [0.25, 0.3) is 5.91 Å². The van der Waals surface area contributed by atoms with E-state index in [0.29, 0.717) is 10.6 Å². The van der Waals surface area contributed by atoms with Gasteiger partial charge in [0.05, 0.1) is 12.7 Å². The zero-order valence-corrected chi connectivity index (χ0v) is 14.9. The molecular formula is C18H21N2O4S+. The van der Waals surface area contributed by atoms with E-state index in [9.17, 15) is 14.7 Å². The van der Waals surface area contributed by atoms with E-state index in [4.69, 9.17) is 4.74 Å². The summed E-state index contributed by atoms with van der Waals surface area (Å²) in [5, 5.41) is 12.9. The third-order valence-corrected chi connectivity index (χ3v) is 5.44. The Morgan fingerprint density at radius 1 is 1.32 bits per heavy atom. The summed E-state index contributed by atoms with van der Waals surface area (Å²) < 4.78 is 6.52. The Hall–Kier alpha value is -2.41. The van der Waals surface area contributed by atoms with E-state index in [-0.39, 0.29) is 18.2 Å². The number of esters is 1. The zero-order chi connectivity index (χ0) is 17.8. The lowest BCUT2D eigenvalue weighted by Gasteiger charge is -2.06. The molecule has 132 valence electrons. The first-order chi connectivity index (χ1) is 12.1. The molecule has 0 spiro atoms. The second-order valence-corrected chi connectivity index (χ2v) is 7.15. The zero-order valence-electron chi connectivity index (χ0n) is 14.1. The molecule has 6 nitrogen and oxygen atoms in total. The van der Waals surface area contributed by atoms with Crippen LogP contribution in [0.5, 0.6) is 5.75 Å². The number of aryl methyl sites for hydroxylation is 1. The van der Waals surface area contributed by atoms with Gasteiger partial charge < -0.3 is 15.2 Å². The Morgan fingerprint density at radius 3 is 2.88 bits per heavy atom. The van der Waals surface area contributed by atoms with E-state index < -0.39 is 5.97 Å². The van der Waals surface area contributed by atoms with E-state index in [1.807, 2.05) is 0 Å². The van der Waals surface area contributed by atoms with Gasteiger partial charge in [-0.05, 0) is 37.3 Å². The highest BCUT2D eigenvalue weighted by molar-refractivity contribution is 7.17. The van der Waals surface area contributed by atoms with Crippen molar-refractivity contribution in [3.05, 3.63) is 40.5 Å². The predicted octanol–water partition coefficient (Wildman–Crippen LogP) is 2.44. The van der Waals surface area contributed by atoms with Gasteiger partial charge in [-0.2, -0.15) is 4.57 Å². The minimum atomic E-state index is -0.403. The fourth-order valence-electron chi connectivity index (χ4n) is 3.09. The number of carbonyl (C=O) groups excluding carboxylic acids is 2. The van der Waals surface area contributed by atoms with Crippen molar-refractivity contribution in [3.63, 3.8) is 0 Å². The third-order valence-electron chi connectivity index (χ3n) is 4.23. The van der Waals surface area contributed by atoms with E-state index in [2.05, 4.69) is 5.32 Å². The van der Waals surface area contributed by atoms with Crippen LogP contribution in [0.25, 0.3) is 0 Å². The normalized spacial score (nSPS) is 13.6. The molecule has 2 heterocycles. The molecule has 1 amide bonds. The van der Waals surface area contributed by atoms with Crippen molar-refractivity contribution in [1.29, 1.82) is 0 Å². The first-order valence-electron chi connectivity index (χ1n) is 8.29. The van der Waals surface area contributed by atoms with E-state index in [0.717, 1.165) is 37.7 Å². The number of methoxy groups -OCH3 is 1. The highest BCUT2D eigenvalue weighted by Gasteiger charge is 2.26. The lowest BCUT2D eigenvalue weighted by Crippen LogP contribution is -2.39. The molecule has 1 aliphatic carbocycles. The minimum Gasteiger partial charge on any atom is -0.503 e. The van der Waals surface area contributed by atoms with Crippen LogP contribution < -0.4 is 9.88 Å².